The Morgan fingerprint density at radius 3 is 2.33 bits per heavy atom. The summed E-state index contributed by atoms with van der Waals surface area (Å²) in [5, 5.41) is 13.6. The summed E-state index contributed by atoms with van der Waals surface area (Å²) in [5.74, 6) is 0.895. The monoisotopic (exact) mass is 493 g/mol. The number of amides is 1. The fraction of sp³-hybridized carbons (Fsp3) is 0.304. The summed E-state index contributed by atoms with van der Waals surface area (Å²) in [7, 11) is 5.33. The van der Waals surface area contributed by atoms with Crippen LogP contribution in [0.2, 0.25) is 5.02 Å². The molecule has 0 saturated heterocycles. The number of ether oxygens (including phenoxy) is 3. The van der Waals surface area contributed by atoms with Crippen LogP contribution < -0.4 is 24.9 Å². The van der Waals surface area contributed by atoms with Crippen LogP contribution in [0.3, 0.4) is 0 Å². The topological polar surface area (TPSA) is 101 Å². The fourth-order valence-electron chi connectivity index (χ4n) is 3.33. The molecule has 33 heavy (non-hydrogen) atoms. The molecule has 0 bridgehead atoms. The minimum Gasteiger partial charge on any atom is -0.868 e. The first-order valence-corrected chi connectivity index (χ1v) is 12.0. The van der Waals surface area contributed by atoms with Crippen LogP contribution in [-0.4, -0.2) is 57.7 Å². The lowest BCUT2D eigenvalue weighted by molar-refractivity contribution is -0.270. The van der Waals surface area contributed by atoms with Crippen LogP contribution in [0.4, 0.5) is 0 Å². The normalized spacial score (nSPS) is 11.8. The van der Waals surface area contributed by atoms with Crippen LogP contribution in [0.15, 0.2) is 44.4 Å². The van der Waals surface area contributed by atoms with Gasteiger partial charge in [-0.15, -0.1) is 0 Å². The van der Waals surface area contributed by atoms with Crippen molar-refractivity contribution in [2.24, 2.45) is 0 Å². The minimum absolute atomic E-state index is 0.0819. The van der Waals surface area contributed by atoms with Crippen molar-refractivity contribution >= 4 is 39.4 Å². The lowest BCUT2D eigenvalue weighted by atomic mass is 10.1. The Morgan fingerprint density at radius 1 is 1.12 bits per heavy atom. The SMILES string of the molecule is COc1cc(C(=O)N(C)CC[S+](C)c2c([O-])c3ccc(Cl)cc3oc2=O)cc(OC)c1OC. The molecule has 0 radical (unpaired) electrons. The summed E-state index contributed by atoms with van der Waals surface area (Å²) in [4.78, 5) is 27.1. The van der Waals surface area contributed by atoms with Gasteiger partial charge < -0.3 is 28.6 Å². The number of halogens is 1. The highest BCUT2D eigenvalue weighted by Crippen LogP contribution is 2.38. The summed E-state index contributed by atoms with van der Waals surface area (Å²) in [6, 6.07) is 7.72. The van der Waals surface area contributed by atoms with Gasteiger partial charge in [-0.2, -0.15) is 0 Å². The van der Waals surface area contributed by atoms with E-state index >= 15 is 0 Å². The van der Waals surface area contributed by atoms with Gasteiger partial charge in [-0.25, -0.2) is 4.79 Å². The molecule has 176 valence electrons. The summed E-state index contributed by atoms with van der Waals surface area (Å²) in [6.45, 7) is 0.312. The van der Waals surface area contributed by atoms with Crippen LogP contribution >= 0.6 is 11.6 Å². The lowest BCUT2D eigenvalue weighted by Gasteiger charge is -2.19. The molecule has 0 fully saturated rings. The molecule has 0 saturated carbocycles. The summed E-state index contributed by atoms with van der Waals surface area (Å²) in [5.41, 5.74) is -0.165. The van der Waals surface area contributed by atoms with Gasteiger partial charge in [-0.1, -0.05) is 17.7 Å². The Hall–Kier alpha value is -3.04. The van der Waals surface area contributed by atoms with Crippen molar-refractivity contribution in [2.75, 3.05) is 46.9 Å². The van der Waals surface area contributed by atoms with E-state index < -0.39 is 16.5 Å². The van der Waals surface area contributed by atoms with Crippen molar-refractivity contribution in [1.82, 2.24) is 4.90 Å². The predicted molar refractivity (Wildman–Crippen MR) is 126 cm³/mol. The quantitative estimate of drug-likeness (QED) is 0.351. The lowest BCUT2D eigenvalue weighted by Crippen LogP contribution is -2.32. The zero-order valence-corrected chi connectivity index (χ0v) is 20.5. The highest BCUT2D eigenvalue weighted by molar-refractivity contribution is 7.96. The first kappa shape index (κ1) is 24.6. The van der Waals surface area contributed by atoms with E-state index in [9.17, 15) is 14.7 Å². The van der Waals surface area contributed by atoms with E-state index in [1.54, 1.807) is 37.6 Å². The minimum atomic E-state index is -0.744. The first-order chi connectivity index (χ1) is 15.7. The van der Waals surface area contributed by atoms with Crippen molar-refractivity contribution in [3.8, 4) is 23.0 Å². The Kier molecular flexibility index (Phi) is 7.65. The standard InChI is InChI=1S/C23H24ClNO7S/c1-25(22(27)13-10-17(29-2)20(31-4)18(11-13)30-3)8-9-33(5)21-19(26)15-7-6-14(24)12-16(15)32-23(21)28/h6-7,10-12H,8-9H2,1-5H3. The number of fused-ring (bicyclic) bond motifs is 1. The van der Waals surface area contributed by atoms with Crippen LogP contribution in [0, 0.1) is 0 Å². The number of nitrogens with zero attached hydrogens (tertiary/aromatic N) is 1. The molecular weight excluding hydrogens is 470 g/mol. The second-order valence-electron chi connectivity index (χ2n) is 7.17. The van der Waals surface area contributed by atoms with Crippen LogP contribution in [-0.2, 0) is 10.9 Å². The van der Waals surface area contributed by atoms with E-state index in [2.05, 4.69) is 0 Å². The maximum Gasteiger partial charge on any atom is 0.391 e. The number of methoxy groups -OCH3 is 3. The Labute approximate surface area is 199 Å². The van der Waals surface area contributed by atoms with Crippen LogP contribution in [0.5, 0.6) is 23.0 Å². The Morgan fingerprint density at radius 2 is 1.76 bits per heavy atom. The fourth-order valence-corrected chi connectivity index (χ4v) is 5.00. The van der Waals surface area contributed by atoms with Gasteiger partial charge in [0.2, 0.25) is 10.6 Å². The van der Waals surface area contributed by atoms with Crippen molar-refractivity contribution in [2.45, 2.75) is 4.90 Å². The molecule has 0 spiro atoms. The third-order valence-electron chi connectivity index (χ3n) is 5.12. The van der Waals surface area contributed by atoms with Gasteiger partial charge in [0.25, 0.3) is 5.91 Å². The predicted octanol–water partition coefficient (Wildman–Crippen LogP) is 2.93. The molecule has 3 aromatic rings. The van der Waals surface area contributed by atoms with Crippen molar-refractivity contribution < 1.29 is 28.5 Å². The highest BCUT2D eigenvalue weighted by atomic mass is 35.5. The van der Waals surface area contributed by atoms with Gasteiger partial charge in [0.05, 0.1) is 27.9 Å². The van der Waals surface area contributed by atoms with Crippen molar-refractivity contribution in [3.63, 3.8) is 0 Å². The number of carbonyl (C=O) groups excluding carboxylic acids is 1. The number of rotatable bonds is 8. The number of carbonyl (C=O) groups is 1. The van der Waals surface area contributed by atoms with E-state index in [-0.39, 0.29) is 22.1 Å². The molecule has 2 aromatic carbocycles. The van der Waals surface area contributed by atoms with E-state index in [4.69, 9.17) is 30.2 Å². The second-order valence-corrected chi connectivity index (χ2v) is 9.70. The molecule has 8 nitrogen and oxygen atoms in total. The summed E-state index contributed by atoms with van der Waals surface area (Å²) < 4.78 is 21.2. The molecule has 0 aliphatic rings. The molecule has 3 rings (SSSR count). The third kappa shape index (κ3) is 4.99. The van der Waals surface area contributed by atoms with Gasteiger partial charge in [-0.3, -0.25) is 4.79 Å². The van der Waals surface area contributed by atoms with Gasteiger partial charge in [-0.05, 0) is 23.9 Å². The van der Waals surface area contributed by atoms with Gasteiger partial charge in [0, 0.05) is 40.0 Å². The molecule has 1 heterocycles. The molecule has 1 atom stereocenters. The molecule has 0 aliphatic heterocycles. The number of hydrogen-bond donors (Lipinski definition) is 0. The third-order valence-corrected chi connectivity index (χ3v) is 7.20. The maximum atomic E-state index is 13.0. The number of benzene rings is 2. The zero-order valence-electron chi connectivity index (χ0n) is 18.9. The van der Waals surface area contributed by atoms with E-state index in [0.29, 0.717) is 45.5 Å². The van der Waals surface area contributed by atoms with Crippen LogP contribution in [0.25, 0.3) is 11.0 Å². The second kappa shape index (κ2) is 10.3. The smallest absolute Gasteiger partial charge is 0.391 e. The number of hydrogen-bond acceptors (Lipinski definition) is 7. The molecule has 0 N–H and O–H groups in total. The summed E-state index contributed by atoms with van der Waals surface area (Å²) in [6.07, 6.45) is 1.78. The van der Waals surface area contributed by atoms with Crippen molar-refractivity contribution in [3.05, 3.63) is 51.3 Å². The molecule has 1 aromatic heterocycles. The molecule has 10 heteroatoms. The van der Waals surface area contributed by atoms with Crippen molar-refractivity contribution in [1.29, 1.82) is 0 Å². The van der Waals surface area contributed by atoms with Crippen LogP contribution in [0.1, 0.15) is 10.4 Å². The maximum absolute atomic E-state index is 13.0. The largest absolute Gasteiger partial charge is 0.868 e. The van der Waals surface area contributed by atoms with E-state index in [0.717, 1.165) is 0 Å². The molecule has 0 aliphatic carbocycles. The van der Waals surface area contributed by atoms with Gasteiger partial charge in [0.1, 0.15) is 17.6 Å². The van der Waals surface area contributed by atoms with Gasteiger partial charge in [0.15, 0.2) is 11.5 Å². The Bertz CT molecular complexity index is 1220. The average molecular weight is 494 g/mol. The van der Waals surface area contributed by atoms with Gasteiger partial charge >= 0.3 is 5.63 Å². The highest BCUT2D eigenvalue weighted by Gasteiger charge is 2.26. The van der Waals surface area contributed by atoms with E-state index in [1.807, 2.05) is 0 Å². The average Bonchev–Trinajstić information content (AvgIpc) is 2.80. The molecule has 1 unspecified atom stereocenters. The molecular formula is C23H24ClNO7S. The molecule has 1 amide bonds. The zero-order chi connectivity index (χ0) is 24.3. The van der Waals surface area contributed by atoms with E-state index in [1.165, 1.54) is 32.3 Å². The first-order valence-electron chi connectivity index (χ1n) is 9.83. The Balaban J connectivity index is 1.80. The summed E-state index contributed by atoms with van der Waals surface area (Å²) >= 11 is 5.92.